The van der Waals surface area contributed by atoms with Crippen LogP contribution in [0.4, 0.5) is 10.5 Å². The highest BCUT2D eigenvalue weighted by Crippen LogP contribution is 2.27. The molecule has 0 atom stereocenters. The van der Waals surface area contributed by atoms with Crippen LogP contribution in [0.5, 0.6) is 0 Å². The summed E-state index contributed by atoms with van der Waals surface area (Å²) in [5.41, 5.74) is 5.94. The third-order valence-electron chi connectivity index (χ3n) is 4.81. The quantitative estimate of drug-likeness (QED) is 0.704. The highest BCUT2D eigenvalue weighted by atomic mass is 32.2. The molecule has 3 amide bonds. The zero-order valence-corrected chi connectivity index (χ0v) is 16.5. The fourth-order valence-corrected chi connectivity index (χ4v) is 3.95. The van der Waals surface area contributed by atoms with Crippen molar-refractivity contribution in [2.75, 3.05) is 24.7 Å². The number of rotatable bonds is 8. The predicted octanol–water partition coefficient (Wildman–Crippen LogP) is 2.58. The van der Waals surface area contributed by atoms with E-state index in [-0.39, 0.29) is 23.9 Å². The van der Waals surface area contributed by atoms with Crippen LogP contribution in [0.15, 0.2) is 29.2 Å². The number of carbonyl (C=O) groups is 2. The summed E-state index contributed by atoms with van der Waals surface area (Å²) in [5.74, 6) is 0.133. The van der Waals surface area contributed by atoms with Gasteiger partial charge in [-0.25, -0.2) is 13.2 Å². The van der Waals surface area contributed by atoms with Crippen LogP contribution in [0.1, 0.15) is 38.5 Å². The third kappa shape index (κ3) is 6.86. The van der Waals surface area contributed by atoms with Gasteiger partial charge in [0.2, 0.25) is 5.91 Å². The molecule has 2 rings (SSSR count). The summed E-state index contributed by atoms with van der Waals surface area (Å²) >= 11 is 0. The molecule has 0 bridgehead atoms. The number of hydrogen-bond acceptors (Lipinski definition) is 5. The number of primary amides is 1. The molecule has 27 heavy (non-hydrogen) atoms. The van der Waals surface area contributed by atoms with E-state index in [9.17, 15) is 18.0 Å². The number of imide groups is 1. The molecule has 0 heterocycles. The van der Waals surface area contributed by atoms with Crippen LogP contribution in [0, 0.1) is 12.3 Å². The predicted molar refractivity (Wildman–Crippen MR) is 105 cm³/mol. The summed E-state index contributed by atoms with van der Waals surface area (Å²) in [6.07, 6.45) is 9.27. The van der Waals surface area contributed by atoms with E-state index in [0.29, 0.717) is 18.0 Å². The number of amides is 3. The second-order valence-corrected chi connectivity index (χ2v) is 9.01. The highest BCUT2D eigenvalue weighted by Gasteiger charge is 2.21. The second-order valence-electron chi connectivity index (χ2n) is 7.00. The lowest BCUT2D eigenvalue weighted by Crippen LogP contribution is -2.43. The Bertz CT molecular complexity index is 758. The van der Waals surface area contributed by atoms with Gasteiger partial charge in [0.1, 0.15) is 0 Å². The van der Waals surface area contributed by atoms with Crippen molar-refractivity contribution in [3.63, 3.8) is 0 Å². The average Bonchev–Trinajstić information content (AvgIpc) is 2.63. The maximum Gasteiger partial charge on any atom is 0.321 e. The molecule has 1 aromatic rings. The molecule has 8 heteroatoms. The van der Waals surface area contributed by atoms with Crippen molar-refractivity contribution in [1.82, 2.24) is 4.90 Å². The Kier molecular flexibility index (Phi) is 7.65. The Hall–Kier alpha value is -2.09. The minimum Gasteiger partial charge on any atom is -0.383 e. The zero-order valence-electron chi connectivity index (χ0n) is 15.7. The Morgan fingerprint density at radius 1 is 1.26 bits per heavy atom. The number of hydrogen-bond donors (Lipinski definition) is 2. The molecule has 1 fully saturated rings. The Balaban J connectivity index is 1.85. The summed E-state index contributed by atoms with van der Waals surface area (Å²) < 4.78 is 23.2. The molecular formula is C19H28N3O4S. The normalized spacial score (nSPS) is 15.3. The van der Waals surface area contributed by atoms with Gasteiger partial charge < -0.3 is 11.1 Å². The van der Waals surface area contributed by atoms with Crippen molar-refractivity contribution in [2.24, 2.45) is 11.7 Å². The summed E-state index contributed by atoms with van der Waals surface area (Å²) in [6.45, 7) is 0.387. The summed E-state index contributed by atoms with van der Waals surface area (Å²) in [7, 11) is -3.30. The number of nitrogens with one attached hydrogen (secondary N) is 1. The van der Waals surface area contributed by atoms with Crippen molar-refractivity contribution >= 4 is 27.5 Å². The van der Waals surface area contributed by atoms with Crippen LogP contribution in [-0.2, 0) is 14.6 Å². The van der Waals surface area contributed by atoms with E-state index in [0.717, 1.165) is 24.0 Å². The van der Waals surface area contributed by atoms with Gasteiger partial charge in [-0.05, 0) is 30.5 Å². The van der Waals surface area contributed by atoms with Crippen LogP contribution < -0.4 is 11.1 Å². The van der Waals surface area contributed by atoms with Gasteiger partial charge in [-0.2, -0.15) is 0 Å². The fraction of sp³-hybridized carbons (Fsp3) is 0.526. The largest absolute Gasteiger partial charge is 0.383 e. The number of anilines is 1. The number of nitrogens with zero attached hydrogens (tertiary/aromatic N) is 1. The van der Waals surface area contributed by atoms with Crippen molar-refractivity contribution in [2.45, 2.75) is 43.4 Å². The van der Waals surface area contributed by atoms with E-state index in [1.165, 1.54) is 31.4 Å². The molecule has 1 aliphatic rings. The van der Waals surface area contributed by atoms with Gasteiger partial charge in [-0.3, -0.25) is 9.69 Å². The van der Waals surface area contributed by atoms with E-state index in [4.69, 9.17) is 5.73 Å². The van der Waals surface area contributed by atoms with Crippen molar-refractivity contribution in [3.8, 4) is 0 Å². The maximum atomic E-state index is 12.3. The molecule has 1 radical (unpaired) electrons. The molecule has 1 saturated carbocycles. The first-order valence-electron chi connectivity index (χ1n) is 9.25. The second kappa shape index (κ2) is 9.73. The third-order valence-corrected chi connectivity index (χ3v) is 5.92. The molecular weight excluding hydrogens is 366 g/mol. The number of urea groups is 1. The van der Waals surface area contributed by atoms with Gasteiger partial charge in [0.15, 0.2) is 9.84 Å². The first kappa shape index (κ1) is 21.2. The van der Waals surface area contributed by atoms with Crippen LogP contribution in [0.3, 0.4) is 0 Å². The number of benzene rings is 1. The molecule has 0 aliphatic heterocycles. The molecule has 0 unspecified atom stereocenters. The Morgan fingerprint density at radius 3 is 2.59 bits per heavy atom. The molecule has 149 valence electrons. The number of nitrogens with two attached hydrogens (primary N) is 1. The van der Waals surface area contributed by atoms with Gasteiger partial charge in [-0.1, -0.05) is 38.2 Å². The van der Waals surface area contributed by atoms with E-state index in [1.54, 1.807) is 18.6 Å². The van der Waals surface area contributed by atoms with E-state index in [2.05, 4.69) is 5.32 Å². The lowest BCUT2D eigenvalue weighted by Gasteiger charge is -2.23. The van der Waals surface area contributed by atoms with Crippen LogP contribution in [0.25, 0.3) is 0 Å². The Labute approximate surface area is 161 Å². The number of carbonyl (C=O) groups excluding carboxylic acids is 2. The molecule has 3 N–H and O–H groups in total. The Morgan fingerprint density at radius 2 is 1.96 bits per heavy atom. The lowest BCUT2D eigenvalue weighted by molar-refractivity contribution is -0.124. The monoisotopic (exact) mass is 394 g/mol. The van der Waals surface area contributed by atoms with Gasteiger partial charge in [0, 0.05) is 25.0 Å². The zero-order chi connectivity index (χ0) is 19.9. The van der Waals surface area contributed by atoms with Crippen LogP contribution in [-0.4, -0.2) is 44.6 Å². The molecule has 0 spiro atoms. The van der Waals surface area contributed by atoms with E-state index < -0.39 is 15.9 Å². The minimum absolute atomic E-state index is 0.110. The standard InChI is InChI=1S/C19H28N3O4S/c1-27(25,26)17-9-5-8-16(14-17)21-12-13-22(19(20)24)18(23)11-10-15-6-3-2-4-7-15/h5,8-9,11,14-15,21H,2-4,6-7,10,12-13H2,1H3,(H2,20,24). The van der Waals surface area contributed by atoms with Gasteiger partial charge >= 0.3 is 6.03 Å². The SMILES string of the molecule is CS(=O)(=O)c1cccc(NCCN(C(N)=O)C(=O)[CH]CC2CCCCC2)c1. The van der Waals surface area contributed by atoms with Crippen LogP contribution in [0.2, 0.25) is 0 Å². The van der Waals surface area contributed by atoms with Gasteiger partial charge in [-0.15, -0.1) is 0 Å². The molecule has 1 aliphatic carbocycles. The molecule has 0 saturated heterocycles. The summed E-state index contributed by atoms with van der Waals surface area (Å²) in [4.78, 5) is 25.2. The van der Waals surface area contributed by atoms with Gasteiger partial charge in [0.05, 0.1) is 11.3 Å². The fourth-order valence-electron chi connectivity index (χ4n) is 3.28. The first-order valence-corrected chi connectivity index (χ1v) is 11.1. The number of sulfone groups is 1. The molecule has 1 aromatic carbocycles. The van der Waals surface area contributed by atoms with Crippen LogP contribution >= 0.6 is 0 Å². The topological polar surface area (TPSA) is 110 Å². The average molecular weight is 395 g/mol. The van der Waals surface area contributed by atoms with Gasteiger partial charge in [0.25, 0.3) is 0 Å². The first-order chi connectivity index (χ1) is 12.8. The van der Waals surface area contributed by atoms with Crippen molar-refractivity contribution < 1.29 is 18.0 Å². The molecule has 7 nitrogen and oxygen atoms in total. The van der Waals surface area contributed by atoms with Crippen molar-refractivity contribution in [3.05, 3.63) is 30.7 Å². The summed E-state index contributed by atoms with van der Waals surface area (Å²) in [5, 5.41) is 3.02. The van der Waals surface area contributed by atoms with E-state index in [1.807, 2.05) is 0 Å². The molecule has 0 aromatic heterocycles. The lowest BCUT2D eigenvalue weighted by atomic mass is 9.86. The highest BCUT2D eigenvalue weighted by molar-refractivity contribution is 7.90. The maximum absolute atomic E-state index is 12.3. The smallest absolute Gasteiger partial charge is 0.321 e. The summed E-state index contributed by atoms with van der Waals surface area (Å²) in [6, 6.07) is 5.60. The minimum atomic E-state index is -3.30. The van der Waals surface area contributed by atoms with Crippen molar-refractivity contribution in [1.29, 1.82) is 0 Å². The van der Waals surface area contributed by atoms with E-state index >= 15 is 0 Å².